The van der Waals surface area contributed by atoms with Crippen LogP contribution in [0.5, 0.6) is 0 Å². The van der Waals surface area contributed by atoms with E-state index in [1.54, 1.807) is 7.05 Å². The molecule has 0 atom stereocenters. The number of aryl methyl sites for hydroxylation is 1. The summed E-state index contributed by atoms with van der Waals surface area (Å²) in [5, 5.41) is 6.76. The Balaban J connectivity index is 0.00000288. The number of rotatable bonds is 6. The first-order valence-corrected chi connectivity index (χ1v) is 9.11. The van der Waals surface area contributed by atoms with Gasteiger partial charge in [0.25, 0.3) is 0 Å². The van der Waals surface area contributed by atoms with E-state index in [0.717, 1.165) is 36.9 Å². The van der Waals surface area contributed by atoms with Crippen molar-refractivity contribution < 1.29 is 0 Å². The van der Waals surface area contributed by atoms with E-state index >= 15 is 0 Å². The molecular weight excluding hydrogens is 433 g/mol. The summed E-state index contributed by atoms with van der Waals surface area (Å²) in [6.07, 6.45) is 2.13. The third-order valence-corrected chi connectivity index (χ3v) is 5.18. The van der Waals surface area contributed by atoms with Gasteiger partial charge in [-0.2, -0.15) is 11.8 Å². The SMILES string of the molecule is CN=C(NCCn1c(C)nc2ccccc21)NCC(C)(C)SC.I. The van der Waals surface area contributed by atoms with E-state index in [9.17, 15) is 0 Å². The predicted molar refractivity (Wildman–Crippen MR) is 117 cm³/mol. The van der Waals surface area contributed by atoms with E-state index in [1.165, 1.54) is 5.52 Å². The van der Waals surface area contributed by atoms with Crippen LogP contribution >= 0.6 is 35.7 Å². The quantitative estimate of drug-likeness (QED) is 0.394. The highest BCUT2D eigenvalue weighted by Crippen LogP contribution is 2.19. The Morgan fingerprint density at radius 3 is 2.67 bits per heavy atom. The summed E-state index contributed by atoms with van der Waals surface area (Å²) in [4.78, 5) is 8.89. The first kappa shape index (κ1) is 21.1. The summed E-state index contributed by atoms with van der Waals surface area (Å²) < 4.78 is 2.43. The van der Waals surface area contributed by atoms with Gasteiger partial charge in [0, 0.05) is 31.4 Å². The van der Waals surface area contributed by atoms with E-state index in [2.05, 4.69) is 63.5 Å². The molecule has 0 radical (unpaired) electrons. The molecule has 0 aliphatic rings. The highest BCUT2D eigenvalue weighted by atomic mass is 127. The number of para-hydroxylation sites is 2. The highest BCUT2D eigenvalue weighted by Gasteiger charge is 2.16. The molecule has 7 heteroatoms. The van der Waals surface area contributed by atoms with Crippen LogP contribution in [0, 0.1) is 6.92 Å². The van der Waals surface area contributed by atoms with Crippen molar-refractivity contribution in [2.75, 3.05) is 26.4 Å². The van der Waals surface area contributed by atoms with E-state index < -0.39 is 0 Å². The summed E-state index contributed by atoms with van der Waals surface area (Å²) in [5.74, 6) is 1.88. The first-order chi connectivity index (χ1) is 11.0. The van der Waals surface area contributed by atoms with Gasteiger partial charge in [0.2, 0.25) is 0 Å². The Morgan fingerprint density at radius 2 is 2.00 bits per heavy atom. The lowest BCUT2D eigenvalue weighted by molar-refractivity contribution is 0.638. The van der Waals surface area contributed by atoms with Gasteiger partial charge in [-0.3, -0.25) is 4.99 Å². The minimum Gasteiger partial charge on any atom is -0.355 e. The molecule has 1 heterocycles. The Kier molecular flexibility index (Phi) is 8.35. The van der Waals surface area contributed by atoms with Crippen molar-refractivity contribution in [3.63, 3.8) is 0 Å². The van der Waals surface area contributed by atoms with Crippen LogP contribution in [0.15, 0.2) is 29.3 Å². The van der Waals surface area contributed by atoms with Crippen LogP contribution in [0.4, 0.5) is 0 Å². The monoisotopic (exact) mass is 461 g/mol. The second-order valence-corrected chi connectivity index (χ2v) is 7.63. The van der Waals surface area contributed by atoms with Gasteiger partial charge < -0.3 is 15.2 Å². The van der Waals surface area contributed by atoms with E-state index in [1.807, 2.05) is 24.8 Å². The smallest absolute Gasteiger partial charge is 0.191 e. The fraction of sp³-hybridized carbons (Fsp3) is 0.529. The highest BCUT2D eigenvalue weighted by molar-refractivity contribution is 14.0. The number of guanidine groups is 1. The van der Waals surface area contributed by atoms with Gasteiger partial charge in [-0.25, -0.2) is 4.98 Å². The topological polar surface area (TPSA) is 54.2 Å². The molecule has 0 fully saturated rings. The molecule has 134 valence electrons. The standard InChI is InChI=1S/C17H27N5S.HI/c1-13-21-14-8-6-7-9-15(14)22(13)11-10-19-16(18-4)20-12-17(2,3)23-5;/h6-9H,10-12H2,1-5H3,(H2,18,19,20);1H. The van der Waals surface area contributed by atoms with Crippen LogP contribution in [0.1, 0.15) is 19.7 Å². The number of fused-ring (bicyclic) bond motifs is 1. The zero-order valence-corrected chi connectivity index (χ0v) is 18.2. The Labute approximate surface area is 166 Å². The molecule has 1 aromatic heterocycles. The zero-order chi connectivity index (χ0) is 16.9. The predicted octanol–water partition coefficient (Wildman–Crippen LogP) is 3.27. The maximum absolute atomic E-state index is 4.60. The zero-order valence-electron chi connectivity index (χ0n) is 15.1. The number of nitrogens with zero attached hydrogens (tertiary/aromatic N) is 3. The van der Waals surface area contributed by atoms with E-state index in [-0.39, 0.29) is 28.7 Å². The molecule has 2 aromatic rings. The molecule has 0 unspecified atom stereocenters. The molecule has 0 aliphatic heterocycles. The molecule has 24 heavy (non-hydrogen) atoms. The van der Waals surface area contributed by atoms with Crippen molar-refractivity contribution in [1.29, 1.82) is 0 Å². The van der Waals surface area contributed by atoms with E-state index in [4.69, 9.17) is 0 Å². The lowest BCUT2D eigenvalue weighted by Crippen LogP contribution is -2.44. The van der Waals surface area contributed by atoms with Crippen LogP contribution < -0.4 is 10.6 Å². The van der Waals surface area contributed by atoms with Gasteiger partial charge in [0.1, 0.15) is 5.82 Å². The summed E-state index contributed by atoms with van der Waals surface area (Å²) in [7, 11) is 1.80. The van der Waals surface area contributed by atoms with Gasteiger partial charge in [0.05, 0.1) is 11.0 Å². The summed E-state index contributed by atoms with van der Waals surface area (Å²) in [6.45, 7) is 9.03. The molecule has 1 aromatic carbocycles. The molecule has 5 nitrogen and oxygen atoms in total. The van der Waals surface area contributed by atoms with Gasteiger partial charge in [0.15, 0.2) is 5.96 Å². The number of thioether (sulfide) groups is 1. The van der Waals surface area contributed by atoms with Crippen LogP contribution in [0.3, 0.4) is 0 Å². The number of hydrogen-bond acceptors (Lipinski definition) is 3. The first-order valence-electron chi connectivity index (χ1n) is 7.88. The molecule has 0 amide bonds. The van der Waals surface area contributed by atoms with Crippen molar-refractivity contribution in [2.24, 2.45) is 4.99 Å². The molecule has 2 N–H and O–H groups in total. The Bertz CT molecular complexity index is 681. The van der Waals surface area contributed by atoms with Gasteiger partial charge >= 0.3 is 0 Å². The van der Waals surface area contributed by atoms with Crippen molar-refractivity contribution in [1.82, 2.24) is 20.2 Å². The third kappa shape index (κ3) is 5.54. The largest absolute Gasteiger partial charge is 0.355 e. The maximum atomic E-state index is 4.60. The molecule has 0 bridgehead atoms. The number of imidazole rings is 1. The normalized spacial score (nSPS) is 12.1. The number of nitrogens with one attached hydrogen (secondary N) is 2. The lowest BCUT2D eigenvalue weighted by atomic mass is 10.2. The van der Waals surface area contributed by atoms with E-state index in [0.29, 0.717) is 0 Å². The van der Waals surface area contributed by atoms with Gasteiger partial charge in [-0.05, 0) is 39.2 Å². The minimum atomic E-state index is 0. The Hall–Kier alpha value is -0.960. The fourth-order valence-corrected chi connectivity index (χ4v) is 2.57. The van der Waals surface area contributed by atoms with Gasteiger partial charge in [-0.1, -0.05) is 12.1 Å². The molecule has 0 saturated heterocycles. The minimum absolute atomic E-state index is 0. The second kappa shape index (κ2) is 9.50. The lowest BCUT2D eigenvalue weighted by Gasteiger charge is -2.23. The van der Waals surface area contributed by atoms with Crippen molar-refractivity contribution in [3.8, 4) is 0 Å². The number of benzene rings is 1. The molecule has 0 aliphatic carbocycles. The number of aromatic nitrogens is 2. The van der Waals surface area contributed by atoms with Crippen LogP contribution in [0.25, 0.3) is 11.0 Å². The fourth-order valence-electron chi connectivity index (χ4n) is 2.35. The maximum Gasteiger partial charge on any atom is 0.191 e. The second-order valence-electron chi connectivity index (χ2n) is 6.12. The Morgan fingerprint density at radius 1 is 1.29 bits per heavy atom. The van der Waals surface area contributed by atoms with Crippen LogP contribution in [0.2, 0.25) is 0 Å². The molecule has 2 rings (SSSR count). The van der Waals surface area contributed by atoms with Crippen molar-refractivity contribution in [3.05, 3.63) is 30.1 Å². The summed E-state index contributed by atoms with van der Waals surface area (Å²) >= 11 is 1.85. The average Bonchev–Trinajstić information content (AvgIpc) is 2.86. The molecule has 0 saturated carbocycles. The molecular formula is C17H28IN5S. The van der Waals surface area contributed by atoms with Crippen LogP contribution in [-0.4, -0.2) is 46.7 Å². The summed E-state index contributed by atoms with van der Waals surface area (Å²) in [5.41, 5.74) is 2.23. The van der Waals surface area contributed by atoms with Crippen molar-refractivity contribution in [2.45, 2.75) is 32.1 Å². The van der Waals surface area contributed by atoms with Gasteiger partial charge in [-0.15, -0.1) is 24.0 Å². The molecule has 0 spiro atoms. The van der Waals surface area contributed by atoms with Crippen LogP contribution in [-0.2, 0) is 6.54 Å². The summed E-state index contributed by atoms with van der Waals surface area (Å²) in [6, 6.07) is 8.25. The number of halogens is 1. The number of aliphatic imine (C=N–C) groups is 1. The number of hydrogen-bond donors (Lipinski definition) is 2. The average molecular weight is 461 g/mol. The van der Waals surface area contributed by atoms with Crippen molar-refractivity contribution >= 4 is 52.7 Å². The third-order valence-electron chi connectivity index (χ3n) is 3.93.